The van der Waals surface area contributed by atoms with Crippen LogP contribution in [0, 0.1) is 23.6 Å². The number of carbonyl (C=O) groups is 1. The molecule has 2 atom stereocenters. The van der Waals surface area contributed by atoms with Crippen molar-refractivity contribution >= 4 is 5.91 Å². The van der Waals surface area contributed by atoms with Gasteiger partial charge < -0.3 is 9.64 Å². The molecule has 1 aromatic rings. The maximum absolute atomic E-state index is 13.3. The predicted molar refractivity (Wildman–Crippen MR) is 88.8 cm³/mol. The van der Waals surface area contributed by atoms with Gasteiger partial charge in [0.1, 0.15) is 5.82 Å². The molecule has 0 aromatic heterocycles. The Hall–Kier alpha value is -1.46. The summed E-state index contributed by atoms with van der Waals surface area (Å²) in [7, 11) is 0. The number of halogens is 1. The Kier molecular flexibility index (Phi) is 4.55. The molecular weight excluding hydrogens is 307 g/mol. The van der Waals surface area contributed by atoms with Crippen molar-refractivity contribution in [1.82, 2.24) is 9.80 Å². The molecule has 4 nitrogen and oxygen atoms in total. The molecule has 130 valence electrons. The lowest BCUT2D eigenvalue weighted by Gasteiger charge is -2.27. The summed E-state index contributed by atoms with van der Waals surface area (Å²) in [5, 5.41) is 0. The molecule has 0 aliphatic carbocycles. The van der Waals surface area contributed by atoms with E-state index in [-0.39, 0.29) is 11.7 Å². The third-order valence-electron chi connectivity index (χ3n) is 5.74. The fourth-order valence-corrected chi connectivity index (χ4v) is 4.50. The summed E-state index contributed by atoms with van der Waals surface area (Å²) < 4.78 is 18.7. The van der Waals surface area contributed by atoms with Crippen molar-refractivity contribution in [3.05, 3.63) is 35.6 Å². The molecule has 3 aliphatic rings. The average molecular weight is 332 g/mol. The van der Waals surface area contributed by atoms with E-state index >= 15 is 0 Å². The van der Waals surface area contributed by atoms with Gasteiger partial charge in [0, 0.05) is 51.9 Å². The minimum Gasteiger partial charge on any atom is -0.381 e. The summed E-state index contributed by atoms with van der Waals surface area (Å²) in [5.74, 6) is 1.48. The molecule has 0 bridgehead atoms. The van der Waals surface area contributed by atoms with Crippen molar-refractivity contribution in [2.75, 3.05) is 39.4 Å². The van der Waals surface area contributed by atoms with E-state index in [1.165, 1.54) is 6.07 Å². The second kappa shape index (κ2) is 6.81. The number of hydrogen-bond donors (Lipinski definition) is 0. The van der Waals surface area contributed by atoms with E-state index in [2.05, 4.69) is 9.80 Å². The lowest BCUT2D eigenvalue weighted by atomic mass is 9.99. The molecule has 3 saturated heterocycles. The van der Waals surface area contributed by atoms with Crippen LogP contribution >= 0.6 is 0 Å². The standard InChI is InChI=1S/C19H25FN2O2/c20-18-3-1-2-14(8-18)9-21-10-16-12-22(13-17(16)11-21)19(23)15-4-6-24-7-5-15/h1-3,8,15-17H,4-7,9-13H2/t16-,17+. The molecule has 3 heterocycles. The molecule has 5 heteroatoms. The first-order chi connectivity index (χ1) is 11.7. The molecule has 0 spiro atoms. The number of hydrogen-bond acceptors (Lipinski definition) is 3. The van der Waals surface area contributed by atoms with E-state index in [1.54, 1.807) is 12.1 Å². The Morgan fingerprint density at radius 3 is 2.50 bits per heavy atom. The van der Waals surface area contributed by atoms with Gasteiger partial charge >= 0.3 is 0 Å². The number of fused-ring (bicyclic) bond motifs is 1. The van der Waals surface area contributed by atoms with Crippen molar-refractivity contribution in [3.8, 4) is 0 Å². The van der Waals surface area contributed by atoms with E-state index in [4.69, 9.17) is 4.74 Å². The highest BCUT2D eigenvalue weighted by Gasteiger charge is 2.42. The number of carbonyl (C=O) groups excluding carboxylic acids is 1. The van der Waals surface area contributed by atoms with Gasteiger partial charge in [-0.05, 0) is 42.4 Å². The molecule has 0 saturated carbocycles. The Balaban J connectivity index is 1.31. The molecule has 4 rings (SSSR count). The second-order valence-electron chi connectivity index (χ2n) is 7.47. The van der Waals surface area contributed by atoms with Gasteiger partial charge in [0.25, 0.3) is 0 Å². The fourth-order valence-electron chi connectivity index (χ4n) is 4.50. The van der Waals surface area contributed by atoms with Crippen molar-refractivity contribution in [1.29, 1.82) is 0 Å². The van der Waals surface area contributed by atoms with Crippen LogP contribution in [0.1, 0.15) is 18.4 Å². The number of nitrogens with zero attached hydrogens (tertiary/aromatic N) is 2. The van der Waals surface area contributed by atoms with Crippen molar-refractivity contribution in [2.24, 2.45) is 17.8 Å². The zero-order valence-electron chi connectivity index (χ0n) is 14.0. The molecule has 0 unspecified atom stereocenters. The maximum atomic E-state index is 13.3. The van der Waals surface area contributed by atoms with Crippen LogP contribution in [0.4, 0.5) is 4.39 Å². The van der Waals surface area contributed by atoms with Crippen LogP contribution in [0.3, 0.4) is 0 Å². The third-order valence-corrected chi connectivity index (χ3v) is 5.74. The largest absolute Gasteiger partial charge is 0.381 e. The number of rotatable bonds is 3. The van der Waals surface area contributed by atoms with Gasteiger partial charge in [-0.2, -0.15) is 0 Å². The Labute approximate surface area is 142 Å². The number of ether oxygens (including phenoxy) is 1. The van der Waals surface area contributed by atoms with Crippen molar-refractivity contribution < 1.29 is 13.9 Å². The van der Waals surface area contributed by atoms with Gasteiger partial charge in [-0.25, -0.2) is 4.39 Å². The summed E-state index contributed by atoms with van der Waals surface area (Å²) in [6.07, 6.45) is 1.74. The second-order valence-corrected chi connectivity index (χ2v) is 7.47. The van der Waals surface area contributed by atoms with Gasteiger partial charge in [0.15, 0.2) is 0 Å². The molecule has 1 amide bonds. The highest BCUT2D eigenvalue weighted by Crippen LogP contribution is 2.33. The number of benzene rings is 1. The van der Waals surface area contributed by atoms with E-state index in [9.17, 15) is 9.18 Å². The van der Waals surface area contributed by atoms with Gasteiger partial charge in [-0.15, -0.1) is 0 Å². The minimum atomic E-state index is -0.167. The van der Waals surface area contributed by atoms with Crippen LogP contribution in [0.25, 0.3) is 0 Å². The number of amides is 1. The van der Waals surface area contributed by atoms with Crippen LogP contribution < -0.4 is 0 Å². The van der Waals surface area contributed by atoms with E-state index < -0.39 is 0 Å². The highest BCUT2D eigenvalue weighted by atomic mass is 19.1. The average Bonchev–Trinajstić information content (AvgIpc) is 3.13. The third kappa shape index (κ3) is 3.33. The highest BCUT2D eigenvalue weighted by molar-refractivity contribution is 5.79. The minimum absolute atomic E-state index is 0.167. The van der Waals surface area contributed by atoms with Crippen molar-refractivity contribution in [3.63, 3.8) is 0 Å². The monoisotopic (exact) mass is 332 g/mol. The van der Waals surface area contributed by atoms with Gasteiger partial charge in [-0.1, -0.05) is 12.1 Å². The van der Waals surface area contributed by atoms with Crippen LogP contribution in [0.2, 0.25) is 0 Å². The molecule has 3 fully saturated rings. The Morgan fingerprint density at radius 1 is 1.12 bits per heavy atom. The molecule has 1 aromatic carbocycles. The van der Waals surface area contributed by atoms with Crippen LogP contribution in [0.5, 0.6) is 0 Å². The first-order valence-corrected chi connectivity index (χ1v) is 9.02. The van der Waals surface area contributed by atoms with Gasteiger partial charge in [0.05, 0.1) is 0 Å². The number of likely N-dealkylation sites (tertiary alicyclic amines) is 2. The molecular formula is C19H25FN2O2. The summed E-state index contributed by atoms with van der Waals surface area (Å²) in [6, 6.07) is 6.87. The summed E-state index contributed by atoms with van der Waals surface area (Å²) in [6.45, 7) is 6.05. The normalized spacial score (nSPS) is 28.3. The first-order valence-electron chi connectivity index (χ1n) is 9.02. The van der Waals surface area contributed by atoms with Crippen LogP contribution in [-0.4, -0.2) is 55.1 Å². The lowest BCUT2D eigenvalue weighted by molar-refractivity contribution is -0.137. The topological polar surface area (TPSA) is 32.8 Å². The fraction of sp³-hybridized carbons (Fsp3) is 0.632. The Bertz CT molecular complexity index is 589. The molecule has 0 radical (unpaired) electrons. The summed E-state index contributed by atoms with van der Waals surface area (Å²) in [5.41, 5.74) is 1.03. The lowest BCUT2D eigenvalue weighted by Crippen LogP contribution is -2.39. The molecule has 3 aliphatic heterocycles. The smallest absolute Gasteiger partial charge is 0.225 e. The van der Waals surface area contributed by atoms with E-state index in [1.807, 2.05) is 6.07 Å². The molecule has 0 N–H and O–H groups in total. The summed E-state index contributed by atoms with van der Waals surface area (Å²) >= 11 is 0. The van der Waals surface area contributed by atoms with Crippen molar-refractivity contribution in [2.45, 2.75) is 19.4 Å². The molecule has 24 heavy (non-hydrogen) atoms. The SMILES string of the molecule is O=C(C1CCOCC1)N1C[C@H]2CN(Cc3cccc(F)c3)C[C@H]2C1. The van der Waals surface area contributed by atoms with Gasteiger partial charge in [0.2, 0.25) is 5.91 Å². The van der Waals surface area contributed by atoms with Crippen LogP contribution in [-0.2, 0) is 16.1 Å². The summed E-state index contributed by atoms with van der Waals surface area (Å²) in [4.78, 5) is 17.1. The Morgan fingerprint density at radius 2 is 1.83 bits per heavy atom. The van der Waals surface area contributed by atoms with Gasteiger partial charge in [-0.3, -0.25) is 9.69 Å². The van der Waals surface area contributed by atoms with Crippen LogP contribution in [0.15, 0.2) is 24.3 Å². The maximum Gasteiger partial charge on any atom is 0.225 e. The zero-order chi connectivity index (χ0) is 16.5. The van der Waals surface area contributed by atoms with E-state index in [0.717, 1.165) is 64.3 Å². The first kappa shape index (κ1) is 16.0. The predicted octanol–water partition coefficient (Wildman–Crippen LogP) is 2.14. The quantitative estimate of drug-likeness (QED) is 0.850. The van der Waals surface area contributed by atoms with E-state index in [0.29, 0.717) is 17.7 Å². The zero-order valence-corrected chi connectivity index (χ0v) is 14.0.